The number of fused-ring (bicyclic) bond motifs is 1. The number of nitrogens with zero attached hydrogens (tertiary/aromatic N) is 1. The van der Waals surface area contributed by atoms with E-state index >= 15 is 0 Å². The summed E-state index contributed by atoms with van der Waals surface area (Å²) in [5.74, 6) is 0.453. The summed E-state index contributed by atoms with van der Waals surface area (Å²) in [4.78, 5) is 20.3. The average Bonchev–Trinajstić information content (AvgIpc) is 2.35. The van der Waals surface area contributed by atoms with Crippen molar-refractivity contribution in [2.45, 2.75) is 0 Å². The van der Waals surface area contributed by atoms with Gasteiger partial charge in [0.15, 0.2) is 0 Å². The lowest BCUT2D eigenvalue weighted by Gasteiger charge is -2.23. The van der Waals surface area contributed by atoms with Crippen LogP contribution in [0.25, 0.3) is 11.1 Å². The van der Waals surface area contributed by atoms with Gasteiger partial charge in [0, 0.05) is 12.6 Å². The molecule has 0 fully saturated rings. The number of urea groups is 1. The summed E-state index contributed by atoms with van der Waals surface area (Å²) >= 11 is 1.50. The van der Waals surface area contributed by atoms with Crippen molar-refractivity contribution >= 4 is 28.7 Å². The van der Waals surface area contributed by atoms with Gasteiger partial charge in [-0.25, -0.2) is 10.2 Å². The van der Waals surface area contributed by atoms with Crippen molar-refractivity contribution in [1.29, 1.82) is 0 Å². The zero-order chi connectivity index (χ0) is 13.1. The number of nitrogens with one attached hydrogen (secondary N) is 2. The quantitative estimate of drug-likeness (QED) is 0.698. The fraction of sp³-hybridized carbons (Fsp3) is 0.182. The van der Waals surface area contributed by atoms with Crippen LogP contribution in [-0.2, 0) is 4.79 Å². The van der Waals surface area contributed by atoms with Crippen LogP contribution in [0.5, 0.6) is 0 Å². The molecular weight excluding hydrogens is 252 g/mol. The molecule has 7 heteroatoms. The summed E-state index contributed by atoms with van der Waals surface area (Å²) < 4.78 is 0. The molecule has 4 N–H and O–H groups in total. The fourth-order valence-corrected chi connectivity index (χ4v) is 2.18. The summed E-state index contributed by atoms with van der Waals surface area (Å²) in [7, 11) is 1.47. The largest absolute Gasteiger partial charge is 0.352 e. The van der Waals surface area contributed by atoms with Gasteiger partial charge in [-0.3, -0.25) is 4.79 Å². The minimum Gasteiger partial charge on any atom is -0.352 e. The van der Waals surface area contributed by atoms with Crippen LogP contribution in [0.15, 0.2) is 23.3 Å². The number of primary amides is 1. The van der Waals surface area contributed by atoms with Gasteiger partial charge in [-0.2, -0.15) is 5.10 Å². The zero-order valence-electron chi connectivity index (χ0n) is 9.69. The van der Waals surface area contributed by atoms with Gasteiger partial charge in [0.05, 0.1) is 5.75 Å². The zero-order valence-corrected chi connectivity index (χ0v) is 10.5. The summed E-state index contributed by atoms with van der Waals surface area (Å²) in [5, 5.41) is 7.09. The first-order chi connectivity index (χ1) is 8.61. The van der Waals surface area contributed by atoms with Crippen LogP contribution in [0.4, 0.5) is 4.79 Å². The summed E-state index contributed by atoms with van der Waals surface area (Å²) in [6, 6.07) is 5.75. The Kier molecular flexibility index (Phi) is 3.52. The van der Waals surface area contributed by atoms with Crippen molar-refractivity contribution in [1.82, 2.24) is 10.7 Å². The van der Waals surface area contributed by atoms with Gasteiger partial charge in [0.1, 0.15) is 5.04 Å². The molecule has 0 aromatic rings. The Balaban J connectivity index is 0.000000209. The molecule has 18 heavy (non-hydrogen) atoms. The maximum absolute atomic E-state index is 10.8. The van der Waals surface area contributed by atoms with Crippen molar-refractivity contribution in [3.8, 4) is 11.1 Å². The monoisotopic (exact) mass is 264 g/mol. The van der Waals surface area contributed by atoms with Crippen molar-refractivity contribution < 1.29 is 9.59 Å². The van der Waals surface area contributed by atoms with Gasteiger partial charge in [0.2, 0.25) is 0 Å². The van der Waals surface area contributed by atoms with E-state index in [2.05, 4.69) is 39.8 Å². The Morgan fingerprint density at radius 3 is 2.56 bits per heavy atom. The molecular formula is C11H12N4O2S. The highest BCUT2D eigenvalue weighted by molar-refractivity contribution is 8.15. The predicted octanol–water partition coefficient (Wildman–Crippen LogP) is 0.476. The van der Waals surface area contributed by atoms with Crippen molar-refractivity contribution in [2.75, 3.05) is 12.8 Å². The van der Waals surface area contributed by atoms with Crippen LogP contribution >= 0.6 is 11.8 Å². The molecule has 3 rings (SSSR count). The summed E-state index contributed by atoms with van der Waals surface area (Å²) in [5.41, 5.74) is 10.8. The van der Waals surface area contributed by atoms with Crippen molar-refractivity contribution in [3.05, 3.63) is 23.8 Å². The standard InChI is InChI=1S/C9H6N2OS.C2H6N2O/c12-8-4-13-9(11-10-8)7-3-5-1-2-6(5)7;1-4-2(3)5/h1-3H,4H2,(H,10,12);1H3,(H3,3,4,5). The summed E-state index contributed by atoms with van der Waals surface area (Å²) in [6.45, 7) is 0. The van der Waals surface area contributed by atoms with E-state index in [-0.39, 0.29) is 5.91 Å². The third-order valence-corrected chi connectivity index (χ3v) is 3.42. The van der Waals surface area contributed by atoms with Crippen LogP contribution in [0, 0.1) is 0 Å². The highest BCUT2D eigenvalue weighted by Crippen LogP contribution is 2.39. The molecule has 2 aliphatic carbocycles. The number of carbonyl (C=O) groups is 2. The first kappa shape index (κ1) is 12.4. The number of nitrogens with two attached hydrogens (primary N) is 1. The van der Waals surface area contributed by atoms with E-state index in [0.717, 1.165) is 5.04 Å². The molecule has 0 aromatic carbocycles. The second kappa shape index (κ2) is 5.09. The smallest absolute Gasteiger partial charge is 0.311 e. The number of hydrogen-bond donors (Lipinski definition) is 3. The van der Waals surface area contributed by atoms with E-state index in [1.807, 2.05) is 0 Å². The molecule has 3 aliphatic rings. The molecule has 0 saturated carbocycles. The Labute approximate surface area is 108 Å². The van der Waals surface area contributed by atoms with E-state index in [0.29, 0.717) is 5.75 Å². The van der Waals surface area contributed by atoms with E-state index in [9.17, 15) is 9.59 Å². The first-order valence-corrected chi connectivity index (χ1v) is 6.21. The number of benzene rings is 1. The minimum absolute atomic E-state index is 0.0213. The number of amides is 3. The lowest BCUT2D eigenvalue weighted by Crippen LogP contribution is -2.27. The Morgan fingerprint density at radius 2 is 2.22 bits per heavy atom. The number of carbonyl (C=O) groups excluding carboxylic acids is 2. The van der Waals surface area contributed by atoms with Crippen LogP contribution in [0.2, 0.25) is 0 Å². The number of rotatable bonds is 1. The molecule has 6 nitrogen and oxygen atoms in total. The molecule has 0 unspecified atom stereocenters. The average molecular weight is 264 g/mol. The van der Waals surface area contributed by atoms with Gasteiger partial charge in [0.25, 0.3) is 5.91 Å². The predicted molar refractivity (Wildman–Crippen MR) is 71.2 cm³/mol. The van der Waals surface area contributed by atoms with Crippen LogP contribution in [0.1, 0.15) is 5.56 Å². The molecule has 1 aliphatic heterocycles. The highest BCUT2D eigenvalue weighted by Gasteiger charge is 2.23. The fourth-order valence-electron chi connectivity index (χ4n) is 1.42. The second-order valence-corrected chi connectivity index (χ2v) is 4.58. The van der Waals surface area contributed by atoms with E-state index in [4.69, 9.17) is 0 Å². The van der Waals surface area contributed by atoms with Gasteiger partial charge in [-0.15, -0.1) is 0 Å². The molecule has 0 aromatic heterocycles. The normalized spacial score (nSPS) is 14.7. The molecule has 0 saturated heterocycles. The van der Waals surface area contributed by atoms with Crippen LogP contribution in [0.3, 0.4) is 0 Å². The molecule has 94 valence electrons. The van der Waals surface area contributed by atoms with E-state index in [1.165, 1.54) is 35.5 Å². The Hall–Kier alpha value is -2.02. The van der Waals surface area contributed by atoms with Crippen LogP contribution in [-0.4, -0.2) is 29.8 Å². The second-order valence-electron chi connectivity index (χ2n) is 3.62. The molecule has 0 radical (unpaired) electrons. The number of thioether (sulfide) groups is 1. The lowest BCUT2D eigenvalue weighted by atomic mass is 9.87. The molecule has 0 atom stereocenters. The van der Waals surface area contributed by atoms with Crippen LogP contribution < -0.4 is 16.5 Å². The Morgan fingerprint density at radius 1 is 1.50 bits per heavy atom. The molecule has 0 bridgehead atoms. The SMILES string of the molecule is CNC(N)=O.O=C1CSC(c2cc3ccc2-3)=NN1. The van der Waals surface area contributed by atoms with E-state index < -0.39 is 6.03 Å². The lowest BCUT2D eigenvalue weighted by molar-refractivity contribution is -0.118. The molecule has 0 spiro atoms. The Bertz CT molecular complexity index is 542. The first-order valence-electron chi connectivity index (χ1n) is 5.23. The maximum atomic E-state index is 10.8. The molecule has 3 amide bonds. The van der Waals surface area contributed by atoms with Crippen molar-refractivity contribution in [3.63, 3.8) is 0 Å². The summed E-state index contributed by atoms with van der Waals surface area (Å²) in [6.07, 6.45) is 0. The van der Waals surface area contributed by atoms with E-state index in [1.54, 1.807) is 0 Å². The number of hydrogen-bond acceptors (Lipinski definition) is 4. The van der Waals surface area contributed by atoms with Gasteiger partial charge >= 0.3 is 6.03 Å². The van der Waals surface area contributed by atoms with Gasteiger partial charge < -0.3 is 11.1 Å². The minimum atomic E-state index is -0.495. The highest BCUT2D eigenvalue weighted by atomic mass is 32.2. The maximum Gasteiger partial charge on any atom is 0.311 e. The number of hydrazone groups is 1. The van der Waals surface area contributed by atoms with Crippen molar-refractivity contribution in [2.24, 2.45) is 10.8 Å². The topological polar surface area (TPSA) is 96.6 Å². The van der Waals surface area contributed by atoms with Gasteiger partial charge in [-0.1, -0.05) is 23.9 Å². The molecule has 1 heterocycles. The third kappa shape index (κ3) is 2.45. The third-order valence-electron chi connectivity index (χ3n) is 2.43. The van der Waals surface area contributed by atoms with Gasteiger partial charge in [-0.05, 0) is 17.2 Å².